The Morgan fingerprint density at radius 1 is 0.842 bits per heavy atom. The molecule has 0 aliphatic heterocycles. The van der Waals surface area contributed by atoms with Gasteiger partial charge in [0.1, 0.15) is 0 Å². The lowest BCUT2D eigenvalue weighted by Gasteiger charge is -2.06. The van der Waals surface area contributed by atoms with Crippen LogP contribution in [0.1, 0.15) is 22.3 Å². The minimum atomic E-state index is -4.28. The Hall–Kier alpha value is -2.03. The Morgan fingerprint density at radius 3 is 2.05 bits per heavy atom. The second kappa shape index (κ2) is 5.31. The maximum Gasteiger partial charge on any atom is 0.416 e. The van der Waals surface area contributed by atoms with Crippen LogP contribution >= 0.6 is 0 Å². The lowest BCUT2D eigenvalue weighted by molar-refractivity contribution is -0.137. The van der Waals surface area contributed by atoms with Gasteiger partial charge in [-0.3, -0.25) is 0 Å². The molecule has 0 spiro atoms. The first-order valence-electron chi connectivity index (χ1n) is 5.88. The quantitative estimate of drug-likeness (QED) is 0.654. The predicted molar refractivity (Wildman–Crippen MR) is 71.6 cm³/mol. The summed E-state index contributed by atoms with van der Waals surface area (Å²) in [7, 11) is 0. The zero-order valence-corrected chi connectivity index (χ0v) is 10.4. The molecule has 0 N–H and O–H groups in total. The van der Waals surface area contributed by atoms with Crippen LogP contribution in [0, 0.1) is 6.92 Å². The average molecular weight is 262 g/mol. The van der Waals surface area contributed by atoms with Gasteiger partial charge in [-0.2, -0.15) is 13.2 Å². The molecule has 2 aromatic carbocycles. The van der Waals surface area contributed by atoms with Gasteiger partial charge in [-0.05, 0) is 35.7 Å². The fourth-order valence-electron chi connectivity index (χ4n) is 1.74. The Kier molecular flexibility index (Phi) is 3.74. The van der Waals surface area contributed by atoms with E-state index in [4.69, 9.17) is 0 Å². The minimum absolute atomic E-state index is 0.624. The Balaban J connectivity index is 2.19. The summed E-state index contributed by atoms with van der Waals surface area (Å²) in [5.74, 6) is 0. The van der Waals surface area contributed by atoms with Crippen molar-refractivity contribution in [3.05, 3.63) is 70.8 Å². The SMILES string of the molecule is Cc1ccccc1C=Cc1ccc(C(F)(F)F)cc1. The van der Waals surface area contributed by atoms with E-state index in [1.807, 2.05) is 43.3 Å². The van der Waals surface area contributed by atoms with Gasteiger partial charge in [0.05, 0.1) is 5.56 Å². The molecule has 0 aliphatic rings. The molecule has 0 fully saturated rings. The van der Waals surface area contributed by atoms with E-state index in [1.165, 1.54) is 12.1 Å². The Bertz CT molecular complexity index is 578. The highest BCUT2D eigenvalue weighted by Crippen LogP contribution is 2.29. The van der Waals surface area contributed by atoms with E-state index in [0.717, 1.165) is 28.8 Å². The maximum atomic E-state index is 12.4. The van der Waals surface area contributed by atoms with Gasteiger partial charge in [0.25, 0.3) is 0 Å². The number of rotatable bonds is 2. The van der Waals surface area contributed by atoms with E-state index in [0.29, 0.717) is 0 Å². The molecule has 19 heavy (non-hydrogen) atoms. The van der Waals surface area contributed by atoms with E-state index in [2.05, 4.69) is 0 Å². The van der Waals surface area contributed by atoms with Gasteiger partial charge < -0.3 is 0 Å². The molecule has 0 atom stereocenters. The van der Waals surface area contributed by atoms with Gasteiger partial charge >= 0.3 is 6.18 Å². The molecule has 3 heteroatoms. The monoisotopic (exact) mass is 262 g/mol. The molecule has 98 valence electrons. The van der Waals surface area contributed by atoms with Crippen molar-refractivity contribution in [3.63, 3.8) is 0 Å². The van der Waals surface area contributed by atoms with Gasteiger partial charge in [-0.15, -0.1) is 0 Å². The summed E-state index contributed by atoms with van der Waals surface area (Å²) < 4.78 is 37.2. The summed E-state index contributed by atoms with van der Waals surface area (Å²) in [5, 5.41) is 0. The van der Waals surface area contributed by atoms with Crippen molar-refractivity contribution in [2.45, 2.75) is 13.1 Å². The highest BCUT2D eigenvalue weighted by atomic mass is 19.4. The van der Waals surface area contributed by atoms with E-state index < -0.39 is 11.7 Å². The molecule has 0 saturated carbocycles. The zero-order chi connectivity index (χ0) is 13.9. The first-order chi connectivity index (χ1) is 8.97. The van der Waals surface area contributed by atoms with Crippen LogP contribution < -0.4 is 0 Å². The highest BCUT2D eigenvalue weighted by Gasteiger charge is 2.29. The topological polar surface area (TPSA) is 0 Å². The molecular formula is C16H13F3. The summed E-state index contributed by atoms with van der Waals surface area (Å²) in [4.78, 5) is 0. The lowest BCUT2D eigenvalue weighted by Crippen LogP contribution is -2.03. The maximum absolute atomic E-state index is 12.4. The molecule has 0 nitrogen and oxygen atoms in total. The van der Waals surface area contributed by atoms with E-state index in [1.54, 1.807) is 0 Å². The molecule has 0 unspecified atom stereocenters. The normalized spacial score (nSPS) is 12.0. The molecule has 0 amide bonds. The minimum Gasteiger partial charge on any atom is -0.166 e. The standard InChI is InChI=1S/C16H13F3/c1-12-4-2-3-5-14(12)9-6-13-7-10-15(11-8-13)16(17,18)19/h2-11H,1H3. The molecule has 0 aliphatic carbocycles. The van der Waals surface area contributed by atoms with Crippen molar-refractivity contribution >= 4 is 12.2 Å². The van der Waals surface area contributed by atoms with Crippen LogP contribution in [0.15, 0.2) is 48.5 Å². The smallest absolute Gasteiger partial charge is 0.166 e. The third-order valence-electron chi connectivity index (χ3n) is 2.88. The predicted octanol–water partition coefficient (Wildman–Crippen LogP) is 5.18. The van der Waals surface area contributed by atoms with Crippen molar-refractivity contribution in [1.29, 1.82) is 0 Å². The van der Waals surface area contributed by atoms with Crippen molar-refractivity contribution in [2.75, 3.05) is 0 Å². The number of hydrogen-bond acceptors (Lipinski definition) is 0. The van der Waals surface area contributed by atoms with Gasteiger partial charge in [-0.1, -0.05) is 48.6 Å². The highest BCUT2D eigenvalue weighted by molar-refractivity contribution is 5.71. The Morgan fingerprint density at radius 2 is 1.47 bits per heavy atom. The van der Waals surface area contributed by atoms with Crippen molar-refractivity contribution < 1.29 is 13.2 Å². The van der Waals surface area contributed by atoms with E-state index in [-0.39, 0.29) is 0 Å². The fraction of sp³-hybridized carbons (Fsp3) is 0.125. The first kappa shape index (κ1) is 13.4. The van der Waals surface area contributed by atoms with Crippen molar-refractivity contribution in [1.82, 2.24) is 0 Å². The molecule has 0 radical (unpaired) electrons. The van der Waals surface area contributed by atoms with Crippen LogP contribution in [-0.2, 0) is 6.18 Å². The van der Waals surface area contributed by atoms with Crippen molar-refractivity contribution in [3.8, 4) is 0 Å². The third kappa shape index (κ3) is 3.47. The molecular weight excluding hydrogens is 249 g/mol. The number of aryl methyl sites for hydroxylation is 1. The van der Waals surface area contributed by atoms with Crippen LogP contribution in [-0.4, -0.2) is 0 Å². The molecule has 2 aromatic rings. The van der Waals surface area contributed by atoms with Crippen LogP contribution in [0.2, 0.25) is 0 Å². The summed E-state index contributed by atoms with van der Waals surface area (Å²) in [5.41, 5.74) is 2.31. The molecule has 0 bridgehead atoms. The van der Waals surface area contributed by atoms with E-state index in [9.17, 15) is 13.2 Å². The summed E-state index contributed by atoms with van der Waals surface area (Å²) in [6.45, 7) is 1.99. The van der Waals surface area contributed by atoms with Gasteiger partial charge in [-0.25, -0.2) is 0 Å². The fourth-order valence-corrected chi connectivity index (χ4v) is 1.74. The second-order valence-electron chi connectivity index (χ2n) is 4.31. The van der Waals surface area contributed by atoms with Crippen LogP contribution in [0.5, 0.6) is 0 Å². The number of halogens is 3. The van der Waals surface area contributed by atoms with Gasteiger partial charge in [0, 0.05) is 0 Å². The molecule has 0 heterocycles. The summed E-state index contributed by atoms with van der Waals surface area (Å²) in [6.07, 6.45) is -0.571. The number of alkyl halides is 3. The zero-order valence-electron chi connectivity index (χ0n) is 10.4. The Labute approximate surface area is 110 Å². The average Bonchev–Trinajstić information content (AvgIpc) is 2.37. The number of hydrogen-bond donors (Lipinski definition) is 0. The summed E-state index contributed by atoms with van der Waals surface area (Å²) >= 11 is 0. The van der Waals surface area contributed by atoms with Crippen LogP contribution in [0.4, 0.5) is 13.2 Å². The van der Waals surface area contributed by atoms with E-state index >= 15 is 0 Å². The molecule has 0 saturated heterocycles. The molecule has 0 aromatic heterocycles. The first-order valence-corrected chi connectivity index (χ1v) is 5.88. The lowest BCUT2D eigenvalue weighted by atomic mass is 10.1. The largest absolute Gasteiger partial charge is 0.416 e. The van der Waals surface area contributed by atoms with Gasteiger partial charge in [0.2, 0.25) is 0 Å². The van der Waals surface area contributed by atoms with Gasteiger partial charge in [0.15, 0.2) is 0 Å². The second-order valence-corrected chi connectivity index (χ2v) is 4.31. The third-order valence-corrected chi connectivity index (χ3v) is 2.88. The molecule has 2 rings (SSSR count). The number of benzene rings is 2. The summed E-state index contributed by atoms with van der Waals surface area (Å²) in [6, 6.07) is 13.0. The van der Waals surface area contributed by atoms with Crippen LogP contribution in [0.25, 0.3) is 12.2 Å². The van der Waals surface area contributed by atoms with Crippen LogP contribution in [0.3, 0.4) is 0 Å². The van der Waals surface area contributed by atoms with Crippen molar-refractivity contribution in [2.24, 2.45) is 0 Å².